The lowest BCUT2D eigenvalue weighted by molar-refractivity contribution is -0.132. The molecule has 2 unspecified atom stereocenters. The maximum Gasteiger partial charge on any atom is 0.416 e. The molecular formula is C15H24N2O4. The lowest BCUT2D eigenvalue weighted by Crippen LogP contribution is -2.43. The Hall–Kier alpha value is -1.40. The van der Waals surface area contributed by atoms with E-state index in [2.05, 4.69) is 11.5 Å². The summed E-state index contributed by atoms with van der Waals surface area (Å²) in [4.78, 5) is 27.4. The Kier molecular flexibility index (Phi) is 4.68. The van der Waals surface area contributed by atoms with Crippen molar-refractivity contribution in [2.75, 3.05) is 26.8 Å². The molecule has 2 amide bonds. The molecule has 0 radical (unpaired) electrons. The molecule has 2 aliphatic heterocycles. The quantitative estimate of drug-likeness (QED) is 0.721. The van der Waals surface area contributed by atoms with Gasteiger partial charge in [-0.05, 0) is 33.7 Å². The molecule has 118 valence electrons. The maximum atomic E-state index is 12.5. The maximum absolute atomic E-state index is 12.5. The highest BCUT2D eigenvalue weighted by molar-refractivity contribution is 5.94. The number of hydrogen-bond donors (Lipinski definition) is 0. The van der Waals surface area contributed by atoms with Crippen LogP contribution in [0.2, 0.25) is 0 Å². The number of amides is 2. The summed E-state index contributed by atoms with van der Waals surface area (Å²) in [6.45, 7) is 8.95. The van der Waals surface area contributed by atoms with Gasteiger partial charge in [0.05, 0.1) is 13.2 Å². The van der Waals surface area contributed by atoms with E-state index in [1.54, 1.807) is 6.08 Å². The van der Waals surface area contributed by atoms with Gasteiger partial charge in [0.15, 0.2) is 0 Å². The van der Waals surface area contributed by atoms with Gasteiger partial charge in [0.25, 0.3) is 0 Å². The lowest BCUT2D eigenvalue weighted by atomic mass is 9.94. The molecule has 2 fully saturated rings. The Labute approximate surface area is 125 Å². The molecule has 0 saturated carbocycles. The van der Waals surface area contributed by atoms with E-state index in [9.17, 15) is 9.59 Å². The highest BCUT2D eigenvalue weighted by Gasteiger charge is 2.41. The van der Waals surface area contributed by atoms with Gasteiger partial charge >= 0.3 is 6.09 Å². The minimum absolute atomic E-state index is 0.160. The summed E-state index contributed by atoms with van der Waals surface area (Å²) < 4.78 is 10.6. The van der Waals surface area contributed by atoms with Crippen molar-refractivity contribution in [2.45, 2.75) is 38.5 Å². The highest BCUT2D eigenvalue weighted by atomic mass is 16.6. The van der Waals surface area contributed by atoms with Crippen molar-refractivity contribution in [1.29, 1.82) is 0 Å². The van der Waals surface area contributed by atoms with Crippen molar-refractivity contribution in [1.82, 2.24) is 9.80 Å². The van der Waals surface area contributed by atoms with Crippen LogP contribution in [0.3, 0.4) is 0 Å². The van der Waals surface area contributed by atoms with Crippen molar-refractivity contribution < 1.29 is 19.1 Å². The Morgan fingerprint density at radius 1 is 1.57 bits per heavy atom. The number of nitrogens with zero attached hydrogens (tertiary/aromatic N) is 2. The third-order valence-corrected chi connectivity index (χ3v) is 4.41. The average Bonchev–Trinajstić information content (AvgIpc) is 2.96. The molecule has 2 rings (SSSR count). The fourth-order valence-corrected chi connectivity index (χ4v) is 2.82. The van der Waals surface area contributed by atoms with Crippen LogP contribution in [0, 0.1) is 5.92 Å². The van der Waals surface area contributed by atoms with E-state index in [1.807, 2.05) is 20.9 Å². The number of carbonyl (C=O) groups is 2. The average molecular weight is 296 g/mol. The fourth-order valence-electron chi connectivity index (χ4n) is 2.82. The van der Waals surface area contributed by atoms with E-state index in [-0.39, 0.29) is 30.2 Å². The number of hydrogen-bond acceptors (Lipinski definition) is 5. The minimum Gasteiger partial charge on any atom is -0.447 e. The fraction of sp³-hybridized carbons (Fsp3) is 0.733. The summed E-state index contributed by atoms with van der Waals surface area (Å²) in [5, 5.41) is 0. The molecule has 6 heteroatoms. The number of likely N-dealkylation sites (N-methyl/N-ethyl adjacent to an activating group) is 1. The van der Waals surface area contributed by atoms with Crippen molar-refractivity contribution in [3.8, 4) is 0 Å². The Bertz CT molecular complexity index is 435. The first kappa shape index (κ1) is 16.0. The van der Waals surface area contributed by atoms with Crippen LogP contribution >= 0.6 is 0 Å². The van der Waals surface area contributed by atoms with E-state index in [1.165, 1.54) is 4.90 Å². The van der Waals surface area contributed by atoms with Crippen LogP contribution in [0.25, 0.3) is 0 Å². The molecule has 2 aliphatic rings. The van der Waals surface area contributed by atoms with Crippen LogP contribution in [0.15, 0.2) is 12.7 Å². The van der Waals surface area contributed by atoms with Gasteiger partial charge in [0, 0.05) is 12.0 Å². The van der Waals surface area contributed by atoms with Gasteiger partial charge in [0.1, 0.15) is 12.3 Å². The second-order valence-corrected chi connectivity index (χ2v) is 6.08. The summed E-state index contributed by atoms with van der Waals surface area (Å²) >= 11 is 0. The number of rotatable bonds is 5. The van der Waals surface area contributed by atoms with Gasteiger partial charge < -0.3 is 9.47 Å². The van der Waals surface area contributed by atoms with Crippen LogP contribution in [-0.4, -0.2) is 60.4 Å². The van der Waals surface area contributed by atoms with E-state index in [0.29, 0.717) is 26.0 Å². The molecule has 2 atom stereocenters. The molecule has 0 spiro atoms. The van der Waals surface area contributed by atoms with Gasteiger partial charge in [0.2, 0.25) is 5.91 Å². The predicted molar refractivity (Wildman–Crippen MR) is 77.6 cm³/mol. The number of cyclic esters (lactones) is 1. The van der Waals surface area contributed by atoms with Crippen LogP contribution in [0.1, 0.15) is 26.7 Å². The standard InChI is InChI=1S/C15H24N2O4/c1-5-6-11(13(18)17-7-8-20-14(17)19)9-12-10-21-15(2,3)16(12)4/h5,11-12H,1,6-10H2,2-4H3. The first-order chi connectivity index (χ1) is 9.86. The van der Waals surface area contributed by atoms with Gasteiger partial charge in [-0.25, -0.2) is 9.69 Å². The molecular weight excluding hydrogens is 272 g/mol. The third kappa shape index (κ3) is 3.27. The van der Waals surface area contributed by atoms with E-state index < -0.39 is 6.09 Å². The summed E-state index contributed by atoms with van der Waals surface area (Å²) in [5.74, 6) is -0.436. The minimum atomic E-state index is -0.537. The summed E-state index contributed by atoms with van der Waals surface area (Å²) in [7, 11) is 2.00. The van der Waals surface area contributed by atoms with Crippen LogP contribution < -0.4 is 0 Å². The summed E-state index contributed by atoms with van der Waals surface area (Å²) in [5.41, 5.74) is -0.320. The Morgan fingerprint density at radius 2 is 2.29 bits per heavy atom. The molecule has 0 bridgehead atoms. The molecule has 2 saturated heterocycles. The second-order valence-electron chi connectivity index (χ2n) is 6.08. The molecule has 2 heterocycles. The lowest BCUT2D eigenvalue weighted by Gasteiger charge is -2.31. The monoisotopic (exact) mass is 296 g/mol. The SMILES string of the molecule is C=CCC(CC1COC(C)(C)N1C)C(=O)N1CCOC1=O. The van der Waals surface area contributed by atoms with Crippen molar-refractivity contribution in [3.05, 3.63) is 12.7 Å². The largest absolute Gasteiger partial charge is 0.447 e. The summed E-state index contributed by atoms with van der Waals surface area (Å²) in [6.07, 6.45) is 2.39. The smallest absolute Gasteiger partial charge is 0.416 e. The number of imide groups is 1. The molecule has 0 aromatic carbocycles. The van der Waals surface area contributed by atoms with Gasteiger partial charge in [-0.3, -0.25) is 9.69 Å². The third-order valence-electron chi connectivity index (χ3n) is 4.41. The highest BCUT2D eigenvalue weighted by Crippen LogP contribution is 2.30. The van der Waals surface area contributed by atoms with Crippen molar-refractivity contribution >= 4 is 12.0 Å². The molecule has 0 N–H and O–H groups in total. The van der Waals surface area contributed by atoms with E-state index >= 15 is 0 Å². The number of allylic oxidation sites excluding steroid dienone is 1. The van der Waals surface area contributed by atoms with Crippen molar-refractivity contribution in [2.24, 2.45) is 5.92 Å². The van der Waals surface area contributed by atoms with Gasteiger partial charge in [-0.2, -0.15) is 0 Å². The van der Waals surface area contributed by atoms with Gasteiger partial charge in [-0.1, -0.05) is 6.08 Å². The van der Waals surface area contributed by atoms with Crippen LogP contribution in [0.5, 0.6) is 0 Å². The van der Waals surface area contributed by atoms with Gasteiger partial charge in [-0.15, -0.1) is 6.58 Å². The van der Waals surface area contributed by atoms with E-state index in [4.69, 9.17) is 9.47 Å². The molecule has 6 nitrogen and oxygen atoms in total. The molecule has 0 aliphatic carbocycles. The van der Waals surface area contributed by atoms with Crippen LogP contribution in [0.4, 0.5) is 4.79 Å². The Balaban J connectivity index is 2.04. The van der Waals surface area contributed by atoms with Crippen molar-refractivity contribution in [3.63, 3.8) is 0 Å². The topological polar surface area (TPSA) is 59.1 Å². The zero-order valence-corrected chi connectivity index (χ0v) is 13.0. The first-order valence-electron chi connectivity index (χ1n) is 7.32. The number of carbonyl (C=O) groups excluding carboxylic acids is 2. The first-order valence-corrected chi connectivity index (χ1v) is 7.32. The number of ether oxygens (including phenoxy) is 2. The van der Waals surface area contributed by atoms with Crippen LogP contribution in [-0.2, 0) is 14.3 Å². The molecule has 0 aromatic heterocycles. The zero-order chi connectivity index (χ0) is 15.6. The second kappa shape index (κ2) is 6.15. The molecule has 0 aromatic rings. The molecule has 21 heavy (non-hydrogen) atoms. The zero-order valence-electron chi connectivity index (χ0n) is 13.0. The predicted octanol–water partition coefficient (Wildman–Crippen LogP) is 1.61. The summed E-state index contributed by atoms with van der Waals surface area (Å²) in [6, 6.07) is 0.160. The normalized spacial score (nSPS) is 26.7. The van der Waals surface area contributed by atoms with E-state index in [0.717, 1.165) is 0 Å². The Morgan fingerprint density at radius 3 is 2.76 bits per heavy atom.